The Balaban J connectivity index is 1.56. The van der Waals surface area contributed by atoms with E-state index in [1.54, 1.807) is 12.0 Å². The number of amides is 1. The number of aliphatic hydroxyl groups excluding tert-OH is 2. The molecular formula is C41H72N4O4. The normalized spacial score (nSPS) is 31.0. The van der Waals surface area contributed by atoms with E-state index in [0.29, 0.717) is 30.3 Å². The van der Waals surface area contributed by atoms with E-state index in [9.17, 15) is 15.0 Å². The van der Waals surface area contributed by atoms with Gasteiger partial charge >= 0.3 is 0 Å². The molecule has 2 aliphatic carbocycles. The van der Waals surface area contributed by atoms with Crippen LogP contribution in [0.15, 0.2) is 24.3 Å². The molecule has 0 spiro atoms. The molecule has 1 aromatic rings. The topological polar surface area (TPSA) is 88.5 Å². The third kappa shape index (κ3) is 10.3. The maximum atomic E-state index is 14.2. The monoisotopic (exact) mass is 685 g/mol. The number of nitrogens with zero attached hydrogens (tertiary/aromatic N) is 3. The van der Waals surface area contributed by atoms with Crippen LogP contribution in [0.2, 0.25) is 0 Å². The van der Waals surface area contributed by atoms with Crippen molar-refractivity contribution in [2.75, 3.05) is 33.8 Å². The first-order chi connectivity index (χ1) is 22.9. The molecule has 1 heterocycles. The lowest BCUT2D eigenvalue weighted by Crippen LogP contribution is -2.56. The largest absolute Gasteiger partial charge is 0.394 e. The highest BCUT2D eigenvalue weighted by atomic mass is 16.7. The molecule has 4 rings (SSSR count). The number of benzene rings is 1. The van der Waals surface area contributed by atoms with Gasteiger partial charge in [0.25, 0.3) is 0 Å². The molecule has 280 valence electrons. The van der Waals surface area contributed by atoms with Gasteiger partial charge < -0.3 is 20.4 Å². The van der Waals surface area contributed by atoms with E-state index in [4.69, 9.17) is 4.84 Å². The minimum absolute atomic E-state index is 0.0487. The molecule has 8 nitrogen and oxygen atoms in total. The third-order valence-electron chi connectivity index (χ3n) is 12.8. The highest BCUT2D eigenvalue weighted by Gasteiger charge is 2.51. The number of hydrogen-bond acceptors (Lipinski definition) is 7. The van der Waals surface area contributed by atoms with Crippen LogP contribution in [-0.4, -0.2) is 95.1 Å². The SMILES string of the molecule is C[C@@H]1[C@@H](NC(=O)[C@@H]2[C@H]([C@H](C)O)[C@H](CO)ON2Cc2cccc(CN(CC3CCCC3)[C@H](CN(C)C)CC(C)(C)C)c2)C[C@@H](C)C(C)(C)[C@H]1C. The summed E-state index contributed by atoms with van der Waals surface area (Å²) in [4.78, 5) is 25.6. The molecule has 8 heteroatoms. The van der Waals surface area contributed by atoms with Crippen molar-refractivity contribution in [1.29, 1.82) is 0 Å². The maximum absolute atomic E-state index is 14.2. The lowest BCUT2D eigenvalue weighted by atomic mass is 9.58. The predicted octanol–water partition coefficient (Wildman–Crippen LogP) is 6.34. The first-order valence-corrected chi connectivity index (χ1v) is 19.4. The molecule has 1 saturated heterocycles. The van der Waals surface area contributed by atoms with Crippen LogP contribution in [0.4, 0.5) is 0 Å². The zero-order valence-corrected chi connectivity index (χ0v) is 32.9. The smallest absolute Gasteiger partial charge is 0.240 e. The zero-order valence-electron chi connectivity index (χ0n) is 32.9. The number of nitrogens with one attached hydrogen (secondary N) is 1. The Bertz CT molecular complexity index is 1190. The van der Waals surface area contributed by atoms with E-state index in [1.165, 1.54) is 31.2 Å². The van der Waals surface area contributed by atoms with Crippen molar-refractivity contribution < 1.29 is 19.8 Å². The second-order valence-corrected chi connectivity index (χ2v) is 18.5. The van der Waals surface area contributed by atoms with Crippen LogP contribution in [0.25, 0.3) is 0 Å². The summed E-state index contributed by atoms with van der Waals surface area (Å²) in [5, 5.41) is 26.4. The average molecular weight is 685 g/mol. The summed E-state index contributed by atoms with van der Waals surface area (Å²) in [6.45, 7) is 23.5. The van der Waals surface area contributed by atoms with Gasteiger partial charge in [-0.25, -0.2) is 0 Å². The molecule has 1 aromatic carbocycles. The van der Waals surface area contributed by atoms with Gasteiger partial charge in [0.05, 0.1) is 19.3 Å². The molecule has 0 aromatic heterocycles. The number of carbonyl (C=O) groups is 1. The summed E-state index contributed by atoms with van der Waals surface area (Å²) < 4.78 is 0. The third-order valence-corrected chi connectivity index (χ3v) is 12.8. The molecule has 2 saturated carbocycles. The number of carbonyl (C=O) groups excluding carboxylic acids is 1. The van der Waals surface area contributed by atoms with E-state index in [1.807, 2.05) is 0 Å². The van der Waals surface area contributed by atoms with Gasteiger partial charge in [0.1, 0.15) is 12.1 Å². The van der Waals surface area contributed by atoms with Gasteiger partial charge in [-0.3, -0.25) is 14.5 Å². The van der Waals surface area contributed by atoms with Crippen LogP contribution < -0.4 is 5.32 Å². The second-order valence-electron chi connectivity index (χ2n) is 18.5. The van der Waals surface area contributed by atoms with Crippen molar-refractivity contribution in [3.63, 3.8) is 0 Å². The summed E-state index contributed by atoms with van der Waals surface area (Å²) in [6.07, 6.45) is 5.92. The van der Waals surface area contributed by atoms with Gasteiger partial charge in [-0.15, -0.1) is 0 Å². The summed E-state index contributed by atoms with van der Waals surface area (Å²) in [7, 11) is 4.37. The summed E-state index contributed by atoms with van der Waals surface area (Å²) in [5.74, 6) is 1.33. The fourth-order valence-electron chi connectivity index (χ4n) is 9.25. The number of likely N-dealkylation sites (N-methyl/N-ethyl adjacent to an activating group) is 1. The van der Waals surface area contributed by atoms with Crippen LogP contribution in [0.1, 0.15) is 112 Å². The minimum atomic E-state index is -0.814. The van der Waals surface area contributed by atoms with Gasteiger partial charge in [-0.05, 0) is 92.3 Å². The van der Waals surface area contributed by atoms with Gasteiger partial charge in [0, 0.05) is 37.6 Å². The van der Waals surface area contributed by atoms with Crippen molar-refractivity contribution in [3.05, 3.63) is 35.4 Å². The van der Waals surface area contributed by atoms with Gasteiger partial charge in [0.2, 0.25) is 5.91 Å². The molecule has 9 atom stereocenters. The zero-order chi connectivity index (χ0) is 36.3. The highest BCUT2D eigenvalue weighted by Crippen LogP contribution is 2.47. The molecule has 3 aliphatic rings. The standard InChI is InChI=1S/C41H72N4O4/c1-27-19-35(28(2)29(3)41(27,8)9)42-39(48)38-37(30(4)47)36(26-46)49-45(38)24-33-18-14-17-32(20-33)23-44(22-31-15-12-13-16-31)34(25-43(10)11)21-40(5,6)7/h14,17-18,20,27-31,34-38,46-47H,12-13,15-16,19,21-26H2,1-11H3,(H,42,48)/t27-,28+,29+,30+,34+,35+,36+,37-,38+/m1/s1. The second kappa shape index (κ2) is 16.9. The van der Waals surface area contributed by atoms with Gasteiger partial charge in [-0.2, -0.15) is 5.06 Å². The Morgan fingerprint density at radius 3 is 2.37 bits per heavy atom. The van der Waals surface area contributed by atoms with Crippen molar-refractivity contribution in [2.24, 2.45) is 40.4 Å². The summed E-state index contributed by atoms with van der Waals surface area (Å²) >= 11 is 0. The molecule has 3 fully saturated rings. The van der Waals surface area contributed by atoms with E-state index < -0.39 is 24.2 Å². The number of hydrogen-bond donors (Lipinski definition) is 3. The van der Waals surface area contributed by atoms with Crippen LogP contribution >= 0.6 is 0 Å². The van der Waals surface area contributed by atoms with Crippen LogP contribution in [-0.2, 0) is 22.7 Å². The lowest BCUT2D eigenvalue weighted by molar-refractivity contribution is -0.182. The van der Waals surface area contributed by atoms with Gasteiger partial charge in [-0.1, -0.05) is 92.5 Å². The number of rotatable bonds is 14. The molecule has 0 unspecified atom stereocenters. The minimum Gasteiger partial charge on any atom is -0.394 e. The molecule has 0 radical (unpaired) electrons. The highest BCUT2D eigenvalue weighted by molar-refractivity contribution is 5.82. The molecule has 1 aliphatic heterocycles. The molecule has 1 amide bonds. The van der Waals surface area contributed by atoms with Crippen molar-refractivity contribution >= 4 is 5.91 Å². The van der Waals surface area contributed by atoms with E-state index in [-0.39, 0.29) is 29.4 Å². The Labute approximate surface area is 299 Å². The predicted molar refractivity (Wildman–Crippen MR) is 200 cm³/mol. The van der Waals surface area contributed by atoms with Crippen LogP contribution in [0.5, 0.6) is 0 Å². The molecule has 3 N–H and O–H groups in total. The number of hydroxylamine groups is 2. The average Bonchev–Trinajstić information content (AvgIpc) is 3.65. The Morgan fingerprint density at radius 1 is 1.12 bits per heavy atom. The first-order valence-electron chi connectivity index (χ1n) is 19.4. The summed E-state index contributed by atoms with van der Waals surface area (Å²) in [6, 6.07) is 8.52. The summed E-state index contributed by atoms with van der Waals surface area (Å²) in [5.41, 5.74) is 2.75. The number of aliphatic hydroxyl groups is 2. The van der Waals surface area contributed by atoms with Crippen LogP contribution in [0.3, 0.4) is 0 Å². The van der Waals surface area contributed by atoms with E-state index in [2.05, 4.69) is 109 Å². The quantitative estimate of drug-likeness (QED) is 0.211. The molecule has 49 heavy (non-hydrogen) atoms. The van der Waals surface area contributed by atoms with E-state index >= 15 is 0 Å². The Morgan fingerprint density at radius 2 is 1.78 bits per heavy atom. The fourth-order valence-corrected chi connectivity index (χ4v) is 9.25. The van der Waals surface area contributed by atoms with Crippen molar-refractivity contribution in [3.8, 4) is 0 Å². The Kier molecular flexibility index (Phi) is 13.8. The van der Waals surface area contributed by atoms with Gasteiger partial charge in [0.15, 0.2) is 0 Å². The Hall–Kier alpha value is -1.55. The first kappa shape index (κ1) is 40.2. The fraction of sp³-hybridized carbons (Fsp3) is 0.829. The van der Waals surface area contributed by atoms with Crippen molar-refractivity contribution in [2.45, 2.75) is 144 Å². The van der Waals surface area contributed by atoms with Crippen molar-refractivity contribution in [1.82, 2.24) is 20.2 Å². The molecule has 0 bridgehead atoms. The maximum Gasteiger partial charge on any atom is 0.240 e. The lowest BCUT2D eigenvalue weighted by Gasteiger charge is -2.50. The molecular weight excluding hydrogens is 612 g/mol. The van der Waals surface area contributed by atoms with E-state index in [0.717, 1.165) is 44.0 Å². The van der Waals surface area contributed by atoms with Crippen LogP contribution in [0, 0.1) is 40.4 Å².